The van der Waals surface area contributed by atoms with Crippen molar-refractivity contribution in [2.75, 3.05) is 0 Å². The Morgan fingerprint density at radius 2 is 1.90 bits per heavy atom. The van der Waals surface area contributed by atoms with Crippen LogP contribution in [-0.4, -0.2) is 20.9 Å². The van der Waals surface area contributed by atoms with E-state index in [1.54, 1.807) is 30.3 Å². The lowest BCUT2D eigenvalue weighted by Crippen LogP contribution is -2.26. The first-order valence-corrected chi connectivity index (χ1v) is 7.05. The standard InChI is InChI=1S/C16H16N2O3/c19-15-9-13-3-1-2-4-14(13)17-18(15)10-11-5-7-12(8-6-11)16(20)21/h5-9H,1-4,10H2,(H,20,21). The van der Waals surface area contributed by atoms with Gasteiger partial charge >= 0.3 is 5.97 Å². The number of aromatic carboxylic acids is 1. The molecule has 0 saturated heterocycles. The first-order valence-electron chi connectivity index (χ1n) is 7.05. The van der Waals surface area contributed by atoms with Crippen molar-refractivity contribution in [3.63, 3.8) is 0 Å². The largest absolute Gasteiger partial charge is 0.478 e. The van der Waals surface area contributed by atoms with Crippen molar-refractivity contribution in [3.8, 4) is 0 Å². The molecule has 0 saturated carbocycles. The molecule has 0 atom stereocenters. The van der Waals surface area contributed by atoms with Crippen molar-refractivity contribution in [1.82, 2.24) is 9.78 Å². The van der Waals surface area contributed by atoms with E-state index in [1.807, 2.05) is 0 Å². The van der Waals surface area contributed by atoms with Gasteiger partial charge in [-0.1, -0.05) is 12.1 Å². The predicted molar refractivity (Wildman–Crippen MR) is 77.6 cm³/mol. The molecular weight excluding hydrogens is 268 g/mol. The van der Waals surface area contributed by atoms with Crippen molar-refractivity contribution >= 4 is 5.97 Å². The molecule has 0 fully saturated rings. The SMILES string of the molecule is O=C(O)c1ccc(Cn2nc3c(cc2=O)CCCC3)cc1. The number of hydrogen-bond donors (Lipinski definition) is 1. The first kappa shape index (κ1) is 13.5. The maximum absolute atomic E-state index is 12.1. The number of hydrogen-bond acceptors (Lipinski definition) is 3. The topological polar surface area (TPSA) is 72.2 Å². The summed E-state index contributed by atoms with van der Waals surface area (Å²) in [4.78, 5) is 22.9. The zero-order valence-corrected chi connectivity index (χ0v) is 11.6. The minimum absolute atomic E-state index is 0.0991. The second-order valence-corrected chi connectivity index (χ2v) is 5.32. The summed E-state index contributed by atoms with van der Waals surface area (Å²) >= 11 is 0. The van der Waals surface area contributed by atoms with Crippen LogP contribution in [0.5, 0.6) is 0 Å². The fraction of sp³-hybridized carbons (Fsp3) is 0.312. The summed E-state index contributed by atoms with van der Waals surface area (Å²) in [6, 6.07) is 8.21. The number of carbonyl (C=O) groups is 1. The molecule has 0 bridgehead atoms. The summed E-state index contributed by atoms with van der Waals surface area (Å²) in [6.45, 7) is 0.367. The van der Waals surface area contributed by atoms with E-state index in [0.717, 1.165) is 42.5 Å². The van der Waals surface area contributed by atoms with E-state index in [-0.39, 0.29) is 11.1 Å². The van der Waals surface area contributed by atoms with Crippen LogP contribution in [0.3, 0.4) is 0 Å². The van der Waals surface area contributed by atoms with E-state index >= 15 is 0 Å². The molecule has 0 unspecified atom stereocenters. The molecule has 21 heavy (non-hydrogen) atoms. The maximum Gasteiger partial charge on any atom is 0.335 e. The lowest BCUT2D eigenvalue weighted by molar-refractivity contribution is 0.0697. The van der Waals surface area contributed by atoms with Crippen LogP contribution in [0.4, 0.5) is 0 Å². The summed E-state index contributed by atoms with van der Waals surface area (Å²) in [6.07, 6.45) is 4.10. The Hall–Kier alpha value is -2.43. The summed E-state index contributed by atoms with van der Waals surface area (Å²) in [7, 11) is 0. The smallest absolute Gasteiger partial charge is 0.335 e. The Balaban J connectivity index is 1.87. The minimum atomic E-state index is -0.953. The van der Waals surface area contributed by atoms with E-state index in [2.05, 4.69) is 5.10 Å². The Morgan fingerprint density at radius 1 is 1.19 bits per heavy atom. The van der Waals surface area contributed by atoms with Gasteiger partial charge in [-0.05, 0) is 48.9 Å². The molecule has 3 rings (SSSR count). The number of carboxylic acids is 1. The van der Waals surface area contributed by atoms with Gasteiger partial charge in [0, 0.05) is 6.07 Å². The summed E-state index contributed by atoms with van der Waals surface area (Å²) in [5, 5.41) is 13.3. The molecule has 0 spiro atoms. The molecule has 0 aliphatic heterocycles. The summed E-state index contributed by atoms with van der Waals surface area (Å²) in [5.41, 5.74) is 3.10. The average molecular weight is 284 g/mol. The van der Waals surface area contributed by atoms with Crippen LogP contribution in [0.2, 0.25) is 0 Å². The number of benzene rings is 1. The quantitative estimate of drug-likeness (QED) is 0.934. The van der Waals surface area contributed by atoms with Gasteiger partial charge in [0.25, 0.3) is 5.56 Å². The zero-order valence-electron chi connectivity index (χ0n) is 11.6. The van der Waals surface area contributed by atoms with Crippen molar-refractivity contribution in [2.24, 2.45) is 0 Å². The molecule has 1 N–H and O–H groups in total. The molecular formula is C16H16N2O3. The van der Waals surface area contributed by atoms with E-state index in [1.165, 1.54) is 4.68 Å². The Morgan fingerprint density at radius 3 is 2.62 bits per heavy atom. The molecule has 1 aromatic heterocycles. The number of nitrogens with zero attached hydrogens (tertiary/aromatic N) is 2. The van der Waals surface area contributed by atoms with E-state index in [0.29, 0.717) is 6.54 Å². The Labute approximate surface area is 121 Å². The molecule has 1 aromatic carbocycles. The summed E-state index contributed by atoms with van der Waals surface area (Å²) in [5.74, 6) is -0.953. The van der Waals surface area contributed by atoms with Crippen LogP contribution >= 0.6 is 0 Å². The number of fused-ring (bicyclic) bond motifs is 1. The zero-order chi connectivity index (χ0) is 14.8. The van der Waals surface area contributed by atoms with Gasteiger partial charge in [-0.15, -0.1) is 0 Å². The highest BCUT2D eigenvalue weighted by atomic mass is 16.4. The van der Waals surface area contributed by atoms with E-state index in [9.17, 15) is 9.59 Å². The number of aromatic nitrogens is 2. The number of carboxylic acid groups (broad SMARTS) is 1. The third-order valence-corrected chi connectivity index (χ3v) is 3.81. The fourth-order valence-corrected chi connectivity index (χ4v) is 2.64. The second kappa shape index (κ2) is 5.52. The molecule has 0 amide bonds. The second-order valence-electron chi connectivity index (χ2n) is 5.32. The number of aryl methyl sites for hydroxylation is 2. The van der Waals surface area contributed by atoms with Crippen LogP contribution < -0.4 is 5.56 Å². The van der Waals surface area contributed by atoms with E-state index in [4.69, 9.17) is 5.11 Å². The van der Waals surface area contributed by atoms with Crippen molar-refractivity contribution < 1.29 is 9.90 Å². The molecule has 1 aliphatic rings. The number of rotatable bonds is 3. The molecule has 1 heterocycles. The van der Waals surface area contributed by atoms with Gasteiger partial charge in [0.2, 0.25) is 0 Å². The van der Waals surface area contributed by atoms with E-state index < -0.39 is 5.97 Å². The third kappa shape index (κ3) is 2.86. The predicted octanol–water partition coefficient (Wildman–Crippen LogP) is 1.87. The minimum Gasteiger partial charge on any atom is -0.478 e. The Bertz CT molecular complexity index is 732. The monoisotopic (exact) mass is 284 g/mol. The molecule has 5 heteroatoms. The van der Waals surface area contributed by atoms with Crippen molar-refractivity contribution in [1.29, 1.82) is 0 Å². The molecule has 108 valence electrons. The van der Waals surface area contributed by atoms with Crippen molar-refractivity contribution in [3.05, 3.63) is 63.1 Å². The van der Waals surface area contributed by atoms with Gasteiger partial charge in [-0.25, -0.2) is 9.48 Å². The van der Waals surface area contributed by atoms with Gasteiger partial charge in [-0.3, -0.25) is 4.79 Å². The summed E-state index contributed by atoms with van der Waals surface area (Å²) < 4.78 is 1.46. The van der Waals surface area contributed by atoms with Gasteiger partial charge in [-0.2, -0.15) is 5.10 Å². The molecule has 0 radical (unpaired) electrons. The van der Waals surface area contributed by atoms with Crippen LogP contribution in [-0.2, 0) is 19.4 Å². The van der Waals surface area contributed by atoms with Gasteiger partial charge in [0.05, 0.1) is 17.8 Å². The molecule has 2 aromatic rings. The van der Waals surface area contributed by atoms with Gasteiger partial charge < -0.3 is 5.11 Å². The highest BCUT2D eigenvalue weighted by molar-refractivity contribution is 5.87. The van der Waals surface area contributed by atoms with Crippen molar-refractivity contribution in [2.45, 2.75) is 32.2 Å². The van der Waals surface area contributed by atoms with Crippen LogP contribution in [0.1, 0.15) is 40.0 Å². The van der Waals surface area contributed by atoms with Gasteiger partial charge in [0.15, 0.2) is 0 Å². The molecule has 1 aliphatic carbocycles. The maximum atomic E-state index is 12.1. The lowest BCUT2D eigenvalue weighted by Gasteiger charge is -2.15. The average Bonchev–Trinajstić information content (AvgIpc) is 2.48. The van der Waals surface area contributed by atoms with Crippen LogP contribution in [0.15, 0.2) is 35.1 Å². The van der Waals surface area contributed by atoms with Gasteiger partial charge in [0.1, 0.15) is 0 Å². The normalized spacial score (nSPS) is 13.7. The fourth-order valence-electron chi connectivity index (χ4n) is 2.64. The molecule has 5 nitrogen and oxygen atoms in total. The van der Waals surface area contributed by atoms with Crippen LogP contribution in [0, 0.1) is 0 Å². The lowest BCUT2D eigenvalue weighted by atomic mass is 9.97. The Kier molecular flexibility index (Phi) is 3.56. The highest BCUT2D eigenvalue weighted by Crippen LogP contribution is 2.17. The first-order chi connectivity index (χ1) is 10.1. The third-order valence-electron chi connectivity index (χ3n) is 3.81. The highest BCUT2D eigenvalue weighted by Gasteiger charge is 2.13. The van der Waals surface area contributed by atoms with Crippen LogP contribution in [0.25, 0.3) is 0 Å².